The number of anilines is 1. The molecule has 1 aromatic heterocycles. The van der Waals surface area contributed by atoms with Crippen LogP contribution in [-0.2, 0) is 11.3 Å². The van der Waals surface area contributed by atoms with E-state index in [-0.39, 0.29) is 11.9 Å². The van der Waals surface area contributed by atoms with Gasteiger partial charge in [0.25, 0.3) is 0 Å². The summed E-state index contributed by atoms with van der Waals surface area (Å²) in [5.41, 5.74) is 2.05. The minimum Gasteiger partial charge on any atom is -0.497 e. The van der Waals surface area contributed by atoms with Gasteiger partial charge in [0.1, 0.15) is 17.4 Å². The van der Waals surface area contributed by atoms with Gasteiger partial charge in [0.15, 0.2) is 0 Å². The fraction of sp³-hybridized carbons (Fsp3) is 0.389. The maximum atomic E-state index is 11.6. The van der Waals surface area contributed by atoms with Crippen molar-refractivity contribution in [3.8, 4) is 5.75 Å². The predicted molar refractivity (Wildman–Crippen MR) is 91.8 cm³/mol. The van der Waals surface area contributed by atoms with Gasteiger partial charge >= 0.3 is 0 Å². The monoisotopic (exact) mass is 326 g/mol. The van der Waals surface area contributed by atoms with Gasteiger partial charge < -0.3 is 15.0 Å². The van der Waals surface area contributed by atoms with Crippen LogP contribution in [-0.4, -0.2) is 34.4 Å². The summed E-state index contributed by atoms with van der Waals surface area (Å²) in [6.45, 7) is 4.94. The van der Waals surface area contributed by atoms with Crippen molar-refractivity contribution in [2.45, 2.75) is 32.9 Å². The molecule has 3 rings (SSSR count). The summed E-state index contributed by atoms with van der Waals surface area (Å²) in [6, 6.07) is 9.93. The topological polar surface area (TPSA) is 67.3 Å². The summed E-state index contributed by atoms with van der Waals surface area (Å²) in [4.78, 5) is 22.4. The van der Waals surface area contributed by atoms with Gasteiger partial charge in [-0.05, 0) is 31.0 Å². The quantitative estimate of drug-likeness (QED) is 0.915. The zero-order valence-corrected chi connectivity index (χ0v) is 14.2. The molecule has 1 aromatic carbocycles. The van der Waals surface area contributed by atoms with E-state index in [2.05, 4.69) is 15.3 Å². The van der Waals surface area contributed by atoms with Gasteiger partial charge in [-0.15, -0.1) is 0 Å². The summed E-state index contributed by atoms with van der Waals surface area (Å²) in [5, 5.41) is 3.33. The fourth-order valence-electron chi connectivity index (χ4n) is 2.86. The molecule has 1 atom stereocenters. The van der Waals surface area contributed by atoms with Crippen molar-refractivity contribution < 1.29 is 9.53 Å². The number of hydrogen-bond acceptors (Lipinski definition) is 5. The number of rotatable bonds is 5. The first-order chi connectivity index (χ1) is 11.6. The lowest BCUT2D eigenvalue weighted by Gasteiger charge is -2.40. The lowest BCUT2D eigenvalue weighted by molar-refractivity contribution is -0.136. The van der Waals surface area contributed by atoms with Crippen molar-refractivity contribution in [1.29, 1.82) is 0 Å². The summed E-state index contributed by atoms with van der Waals surface area (Å²) in [6.07, 6.45) is 0.952. The number of benzene rings is 1. The van der Waals surface area contributed by atoms with Crippen LogP contribution in [0.4, 0.5) is 5.82 Å². The molecule has 0 saturated carbocycles. The van der Waals surface area contributed by atoms with E-state index in [1.54, 1.807) is 14.0 Å². The summed E-state index contributed by atoms with van der Waals surface area (Å²) >= 11 is 0. The molecule has 2 heterocycles. The van der Waals surface area contributed by atoms with E-state index < -0.39 is 0 Å². The van der Waals surface area contributed by atoms with Crippen molar-refractivity contribution in [1.82, 2.24) is 14.9 Å². The number of hydrogen-bond donors (Lipinski definition) is 1. The Labute approximate surface area is 141 Å². The van der Waals surface area contributed by atoms with Crippen LogP contribution in [0, 0.1) is 6.92 Å². The van der Waals surface area contributed by atoms with Crippen LogP contribution in [0.1, 0.15) is 36.5 Å². The molecule has 6 nitrogen and oxygen atoms in total. The molecule has 0 unspecified atom stereocenters. The van der Waals surface area contributed by atoms with Crippen LogP contribution >= 0.6 is 0 Å². The van der Waals surface area contributed by atoms with Gasteiger partial charge in [0.05, 0.1) is 18.8 Å². The molecule has 0 radical (unpaired) electrons. The van der Waals surface area contributed by atoms with Crippen LogP contribution < -0.4 is 10.1 Å². The number of carbonyl (C=O) groups is 1. The Bertz CT molecular complexity index is 730. The second-order valence-electron chi connectivity index (χ2n) is 5.94. The third kappa shape index (κ3) is 3.48. The Balaban J connectivity index is 1.70. The van der Waals surface area contributed by atoms with E-state index in [0.717, 1.165) is 35.8 Å². The van der Waals surface area contributed by atoms with Crippen molar-refractivity contribution >= 4 is 11.7 Å². The first-order valence-electron chi connectivity index (χ1n) is 8.06. The van der Waals surface area contributed by atoms with E-state index in [9.17, 15) is 4.79 Å². The maximum absolute atomic E-state index is 11.6. The Hall–Kier alpha value is -2.63. The molecule has 0 spiro atoms. The van der Waals surface area contributed by atoms with Gasteiger partial charge in [-0.25, -0.2) is 9.97 Å². The van der Waals surface area contributed by atoms with Crippen LogP contribution in [0.2, 0.25) is 0 Å². The average Bonchev–Trinajstić information content (AvgIpc) is 2.51. The molecule has 1 aliphatic rings. The number of ether oxygens (including phenoxy) is 1. The van der Waals surface area contributed by atoms with Crippen LogP contribution in [0.15, 0.2) is 30.3 Å². The van der Waals surface area contributed by atoms with Gasteiger partial charge in [-0.1, -0.05) is 12.1 Å². The number of aromatic nitrogens is 2. The van der Waals surface area contributed by atoms with E-state index >= 15 is 0 Å². The van der Waals surface area contributed by atoms with E-state index in [0.29, 0.717) is 12.4 Å². The number of aryl methyl sites for hydroxylation is 1. The number of nitrogens with zero attached hydrogens (tertiary/aromatic N) is 3. The highest BCUT2D eigenvalue weighted by atomic mass is 16.5. The summed E-state index contributed by atoms with van der Waals surface area (Å²) < 4.78 is 5.16. The Kier molecular flexibility index (Phi) is 4.64. The SMILES string of the molecule is COc1ccc(CNc2cc([C@@H]3CCN3C(C)=O)nc(C)n2)cc1. The van der Waals surface area contributed by atoms with E-state index in [1.165, 1.54) is 0 Å². The van der Waals surface area contributed by atoms with Crippen LogP contribution in [0.25, 0.3) is 0 Å². The molecule has 1 aliphatic heterocycles. The Morgan fingerprint density at radius 2 is 2.08 bits per heavy atom. The smallest absolute Gasteiger partial charge is 0.220 e. The highest BCUT2D eigenvalue weighted by Crippen LogP contribution is 2.32. The third-order valence-corrected chi connectivity index (χ3v) is 4.26. The van der Waals surface area contributed by atoms with Gasteiger partial charge in [0, 0.05) is 26.1 Å². The molecular formula is C18H22N4O2. The first-order valence-corrected chi connectivity index (χ1v) is 8.06. The number of nitrogens with one attached hydrogen (secondary N) is 1. The molecule has 6 heteroatoms. The van der Waals surface area contributed by atoms with Gasteiger partial charge in [-0.2, -0.15) is 0 Å². The molecule has 1 amide bonds. The predicted octanol–water partition coefficient (Wildman–Crippen LogP) is 2.70. The third-order valence-electron chi connectivity index (χ3n) is 4.26. The molecule has 1 N–H and O–H groups in total. The normalized spacial score (nSPS) is 16.5. The minimum atomic E-state index is 0.0748. The van der Waals surface area contributed by atoms with Crippen molar-refractivity contribution in [2.24, 2.45) is 0 Å². The molecule has 0 aliphatic carbocycles. The molecule has 0 bridgehead atoms. The summed E-state index contributed by atoms with van der Waals surface area (Å²) in [5.74, 6) is 2.42. The van der Waals surface area contributed by atoms with Crippen molar-refractivity contribution in [2.75, 3.05) is 19.0 Å². The van der Waals surface area contributed by atoms with Gasteiger partial charge in [0.2, 0.25) is 5.91 Å². The van der Waals surface area contributed by atoms with Crippen LogP contribution in [0.5, 0.6) is 5.75 Å². The highest BCUT2D eigenvalue weighted by molar-refractivity contribution is 5.74. The standard InChI is InChI=1S/C18H22N4O2/c1-12-20-16(17-8-9-22(17)13(2)23)10-18(21-12)19-11-14-4-6-15(24-3)7-5-14/h4-7,10,17H,8-9,11H2,1-3H3,(H,19,20,21)/t17-/m0/s1. The maximum Gasteiger partial charge on any atom is 0.220 e. The minimum absolute atomic E-state index is 0.0748. The van der Waals surface area contributed by atoms with Crippen molar-refractivity contribution in [3.05, 3.63) is 47.4 Å². The van der Waals surface area contributed by atoms with Gasteiger partial charge in [-0.3, -0.25) is 4.79 Å². The molecule has 24 heavy (non-hydrogen) atoms. The second kappa shape index (κ2) is 6.86. The molecule has 126 valence electrons. The molecular weight excluding hydrogens is 304 g/mol. The largest absolute Gasteiger partial charge is 0.497 e. The Morgan fingerprint density at radius 1 is 1.33 bits per heavy atom. The average molecular weight is 326 g/mol. The Morgan fingerprint density at radius 3 is 2.67 bits per heavy atom. The van der Waals surface area contributed by atoms with E-state index in [1.807, 2.05) is 42.2 Å². The number of carbonyl (C=O) groups excluding carboxylic acids is 1. The fourth-order valence-corrected chi connectivity index (χ4v) is 2.86. The number of likely N-dealkylation sites (tertiary alicyclic amines) is 1. The first kappa shape index (κ1) is 16.2. The van der Waals surface area contributed by atoms with Crippen LogP contribution in [0.3, 0.4) is 0 Å². The lowest BCUT2D eigenvalue weighted by atomic mass is 9.99. The second-order valence-corrected chi connectivity index (χ2v) is 5.94. The molecule has 1 fully saturated rings. The highest BCUT2D eigenvalue weighted by Gasteiger charge is 2.32. The zero-order valence-electron chi connectivity index (χ0n) is 14.2. The molecule has 1 saturated heterocycles. The lowest BCUT2D eigenvalue weighted by Crippen LogP contribution is -2.44. The molecule has 2 aromatic rings. The zero-order chi connectivity index (χ0) is 17.1. The number of methoxy groups -OCH3 is 1. The summed E-state index contributed by atoms with van der Waals surface area (Å²) in [7, 11) is 1.66. The van der Waals surface area contributed by atoms with Crippen molar-refractivity contribution in [3.63, 3.8) is 0 Å². The van der Waals surface area contributed by atoms with E-state index in [4.69, 9.17) is 4.74 Å². The number of amides is 1.